The molecule has 94 valence electrons. The van der Waals surface area contributed by atoms with E-state index >= 15 is 0 Å². The van der Waals surface area contributed by atoms with Crippen molar-refractivity contribution >= 4 is 11.8 Å². The van der Waals surface area contributed by atoms with E-state index in [1.54, 1.807) is 11.8 Å². The topological polar surface area (TPSA) is 38.9 Å². The fourth-order valence-corrected chi connectivity index (χ4v) is 2.57. The van der Waals surface area contributed by atoms with Crippen molar-refractivity contribution in [1.82, 2.24) is 4.98 Å². The average Bonchev–Trinajstić information content (AvgIpc) is 2.33. The zero-order valence-electron chi connectivity index (χ0n) is 11.0. The minimum atomic E-state index is 0.0395. The lowest BCUT2D eigenvalue weighted by Gasteiger charge is -2.08. The van der Waals surface area contributed by atoms with Crippen LogP contribution < -0.4 is 5.73 Å². The monoisotopic (exact) mass is 258 g/mol. The zero-order chi connectivity index (χ0) is 13.1. The molecule has 2 nitrogen and oxygen atoms in total. The van der Waals surface area contributed by atoms with Crippen molar-refractivity contribution in [2.24, 2.45) is 5.73 Å². The summed E-state index contributed by atoms with van der Waals surface area (Å²) in [5.41, 5.74) is 9.46. The van der Waals surface area contributed by atoms with Crippen molar-refractivity contribution in [3.8, 4) is 0 Å². The minimum absolute atomic E-state index is 0.0395. The molecule has 0 radical (unpaired) electrons. The number of benzene rings is 1. The molecule has 0 spiro atoms. The molecular formula is C15H18N2S. The summed E-state index contributed by atoms with van der Waals surface area (Å²) in [5.74, 6) is 0. The highest BCUT2D eigenvalue weighted by atomic mass is 32.2. The zero-order valence-corrected chi connectivity index (χ0v) is 11.8. The van der Waals surface area contributed by atoms with Crippen LogP contribution in [0.15, 0.2) is 46.5 Å². The number of hydrogen-bond donors (Lipinski definition) is 1. The molecule has 1 heterocycles. The van der Waals surface area contributed by atoms with Gasteiger partial charge in [0.05, 0.1) is 0 Å². The second kappa shape index (κ2) is 5.55. The maximum atomic E-state index is 5.81. The number of rotatable bonds is 3. The van der Waals surface area contributed by atoms with Gasteiger partial charge in [0.2, 0.25) is 0 Å². The highest BCUT2D eigenvalue weighted by Crippen LogP contribution is 2.29. The lowest BCUT2D eigenvalue weighted by molar-refractivity contribution is 0.806. The summed E-state index contributed by atoms with van der Waals surface area (Å²) >= 11 is 1.69. The average molecular weight is 258 g/mol. The Balaban J connectivity index is 2.18. The van der Waals surface area contributed by atoms with Crippen LogP contribution in [0, 0.1) is 13.8 Å². The Morgan fingerprint density at radius 3 is 2.50 bits per heavy atom. The van der Waals surface area contributed by atoms with Gasteiger partial charge in [-0.1, -0.05) is 35.5 Å². The Morgan fingerprint density at radius 2 is 1.94 bits per heavy atom. The quantitative estimate of drug-likeness (QED) is 0.908. The van der Waals surface area contributed by atoms with Gasteiger partial charge in [0.25, 0.3) is 0 Å². The molecule has 0 aliphatic rings. The van der Waals surface area contributed by atoms with Crippen molar-refractivity contribution in [2.45, 2.75) is 36.7 Å². The first-order chi connectivity index (χ1) is 8.56. The van der Waals surface area contributed by atoms with Gasteiger partial charge in [0, 0.05) is 17.1 Å². The van der Waals surface area contributed by atoms with Gasteiger partial charge in [-0.3, -0.25) is 0 Å². The molecular weight excluding hydrogens is 240 g/mol. The van der Waals surface area contributed by atoms with E-state index in [1.807, 2.05) is 25.3 Å². The summed E-state index contributed by atoms with van der Waals surface area (Å²) in [7, 11) is 0. The van der Waals surface area contributed by atoms with Crippen molar-refractivity contribution < 1.29 is 0 Å². The van der Waals surface area contributed by atoms with Gasteiger partial charge in [-0.2, -0.15) is 0 Å². The molecule has 0 amide bonds. The van der Waals surface area contributed by atoms with Gasteiger partial charge in [0.1, 0.15) is 5.03 Å². The molecule has 0 aliphatic carbocycles. The van der Waals surface area contributed by atoms with E-state index in [0.29, 0.717) is 0 Å². The van der Waals surface area contributed by atoms with Crippen LogP contribution in [0.2, 0.25) is 0 Å². The molecule has 18 heavy (non-hydrogen) atoms. The maximum absolute atomic E-state index is 5.81. The van der Waals surface area contributed by atoms with E-state index in [4.69, 9.17) is 5.73 Å². The van der Waals surface area contributed by atoms with Gasteiger partial charge in [-0.15, -0.1) is 0 Å². The van der Waals surface area contributed by atoms with Gasteiger partial charge < -0.3 is 5.73 Å². The van der Waals surface area contributed by atoms with Crippen LogP contribution in [0.1, 0.15) is 29.7 Å². The molecule has 2 aromatic rings. The third-order valence-corrected chi connectivity index (χ3v) is 3.96. The van der Waals surface area contributed by atoms with Crippen molar-refractivity contribution in [3.63, 3.8) is 0 Å². The first-order valence-electron chi connectivity index (χ1n) is 6.03. The van der Waals surface area contributed by atoms with E-state index in [1.165, 1.54) is 16.0 Å². The molecule has 1 aromatic carbocycles. The predicted molar refractivity (Wildman–Crippen MR) is 76.9 cm³/mol. The molecule has 1 atom stereocenters. The molecule has 3 heteroatoms. The molecule has 0 saturated carbocycles. The van der Waals surface area contributed by atoms with Crippen LogP contribution >= 0.6 is 11.8 Å². The van der Waals surface area contributed by atoms with Crippen molar-refractivity contribution in [1.29, 1.82) is 0 Å². The third-order valence-electron chi connectivity index (χ3n) is 2.83. The van der Waals surface area contributed by atoms with Crippen LogP contribution in [0.25, 0.3) is 0 Å². The fourth-order valence-electron chi connectivity index (χ4n) is 1.75. The van der Waals surface area contributed by atoms with Crippen LogP contribution in [-0.2, 0) is 0 Å². The first-order valence-corrected chi connectivity index (χ1v) is 6.84. The molecule has 2 rings (SSSR count). The summed E-state index contributed by atoms with van der Waals surface area (Å²) in [6, 6.07) is 10.6. The van der Waals surface area contributed by atoms with E-state index in [0.717, 1.165) is 10.6 Å². The second-order valence-electron chi connectivity index (χ2n) is 4.59. The second-order valence-corrected chi connectivity index (χ2v) is 5.65. The van der Waals surface area contributed by atoms with E-state index < -0.39 is 0 Å². The molecule has 0 aliphatic heterocycles. The highest BCUT2D eigenvalue weighted by Gasteiger charge is 2.04. The SMILES string of the molecule is Cc1ccc(Sc2ccc([C@@H](C)N)cn2)c(C)c1. The van der Waals surface area contributed by atoms with Gasteiger partial charge in [-0.25, -0.2) is 4.98 Å². The lowest BCUT2D eigenvalue weighted by atomic mass is 10.2. The third kappa shape index (κ3) is 3.12. The smallest absolute Gasteiger partial charge is 0.101 e. The van der Waals surface area contributed by atoms with Crippen LogP contribution in [0.3, 0.4) is 0 Å². The molecule has 2 N–H and O–H groups in total. The normalized spacial score (nSPS) is 12.4. The van der Waals surface area contributed by atoms with Crippen LogP contribution in [0.4, 0.5) is 0 Å². The summed E-state index contributed by atoms with van der Waals surface area (Å²) in [4.78, 5) is 5.69. The maximum Gasteiger partial charge on any atom is 0.101 e. The van der Waals surface area contributed by atoms with Crippen molar-refractivity contribution in [2.75, 3.05) is 0 Å². The summed E-state index contributed by atoms with van der Waals surface area (Å²) in [6.45, 7) is 6.21. The Labute approximate surface area is 113 Å². The Morgan fingerprint density at radius 1 is 1.17 bits per heavy atom. The fraction of sp³-hybridized carbons (Fsp3) is 0.267. The Bertz CT molecular complexity index is 533. The van der Waals surface area contributed by atoms with Crippen LogP contribution in [0.5, 0.6) is 0 Å². The summed E-state index contributed by atoms with van der Waals surface area (Å²) in [6.07, 6.45) is 1.86. The summed E-state index contributed by atoms with van der Waals surface area (Å²) in [5, 5.41) is 1.01. The standard InChI is InChI=1S/C15H18N2S/c1-10-4-6-14(11(2)8-10)18-15-7-5-13(9-17-15)12(3)16/h4-9,12H,16H2,1-3H3/t12-/m1/s1. The Hall–Kier alpha value is -1.32. The number of hydrogen-bond acceptors (Lipinski definition) is 3. The molecule has 0 unspecified atom stereocenters. The molecule has 0 fully saturated rings. The summed E-state index contributed by atoms with van der Waals surface area (Å²) < 4.78 is 0. The molecule has 0 saturated heterocycles. The number of aryl methyl sites for hydroxylation is 2. The predicted octanol–water partition coefficient (Wildman–Crippen LogP) is 3.87. The number of nitrogens with two attached hydrogens (primary N) is 1. The van der Waals surface area contributed by atoms with Gasteiger partial charge in [-0.05, 0) is 44.0 Å². The van der Waals surface area contributed by atoms with Gasteiger partial charge >= 0.3 is 0 Å². The first kappa shape index (κ1) is 13.1. The lowest BCUT2D eigenvalue weighted by Crippen LogP contribution is -2.04. The van der Waals surface area contributed by atoms with E-state index in [-0.39, 0.29) is 6.04 Å². The molecule has 0 bridgehead atoms. The molecule has 1 aromatic heterocycles. The number of aromatic nitrogens is 1. The van der Waals surface area contributed by atoms with Crippen molar-refractivity contribution in [3.05, 3.63) is 53.2 Å². The number of pyridine rings is 1. The van der Waals surface area contributed by atoms with E-state index in [2.05, 4.69) is 37.0 Å². The minimum Gasteiger partial charge on any atom is -0.324 e. The van der Waals surface area contributed by atoms with Gasteiger partial charge in [0.15, 0.2) is 0 Å². The van der Waals surface area contributed by atoms with E-state index in [9.17, 15) is 0 Å². The number of nitrogens with zero attached hydrogens (tertiary/aromatic N) is 1. The largest absolute Gasteiger partial charge is 0.324 e. The Kier molecular flexibility index (Phi) is 4.04. The van der Waals surface area contributed by atoms with Crippen LogP contribution in [-0.4, -0.2) is 4.98 Å². The highest BCUT2D eigenvalue weighted by molar-refractivity contribution is 7.99.